The molecule has 2 amide bonds. The lowest BCUT2D eigenvalue weighted by molar-refractivity contribution is -0.124. The fraction of sp³-hybridized carbons (Fsp3) is 0.517. The Morgan fingerprint density at radius 2 is 1.87 bits per heavy atom. The molecule has 1 aliphatic carbocycles. The molecule has 0 radical (unpaired) electrons. The lowest BCUT2D eigenvalue weighted by Crippen LogP contribution is -2.55. The van der Waals surface area contributed by atoms with Crippen molar-refractivity contribution < 1.29 is 19.1 Å². The second-order valence-electron chi connectivity index (χ2n) is 12.2. The Morgan fingerprint density at radius 1 is 1.16 bits per heavy atom. The molecular weight excluding hydrogens is 528 g/mol. The first kappa shape index (κ1) is 27.4. The number of aliphatic hydroxyl groups excluding tert-OH is 1. The highest BCUT2D eigenvalue weighted by molar-refractivity contribution is 6.31. The van der Waals surface area contributed by atoms with Gasteiger partial charge in [-0.2, -0.15) is 0 Å². The van der Waals surface area contributed by atoms with E-state index < -0.39 is 29.2 Å². The zero-order valence-corrected chi connectivity index (χ0v) is 23.3. The number of rotatable bonds is 4. The van der Waals surface area contributed by atoms with E-state index in [4.69, 9.17) is 23.2 Å². The summed E-state index contributed by atoms with van der Waals surface area (Å²) in [5.74, 6) is -2.80. The average molecular weight is 563 g/mol. The van der Waals surface area contributed by atoms with Crippen LogP contribution < -0.4 is 16.0 Å². The number of hydrogen-bond acceptors (Lipinski definition) is 4. The summed E-state index contributed by atoms with van der Waals surface area (Å²) in [5.41, 5.74) is 0.443. The van der Waals surface area contributed by atoms with Gasteiger partial charge in [-0.25, -0.2) is 4.39 Å². The molecule has 2 aromatic carbocycles. The summed E-state index contributed by atoms with van der Waals surface area (Å²) in [7, 11) is 0. The Morgan fingerprint density at radius 3 is 2.55 bits per heavy atom. The first-order chi connectivity index (χ1) is 17.9. The van der Waals surface area contributed by atoms with Crippen molar-refractivity contribution in [1.82, 2.24) is 10.6 Å². The Labute approximate surface area is 232 Å². The first-order valence-electron chi connectivity index (χ1n) is 13.2. The van der Waals surface area contributed by atoms with Gasteiger partial charge in [-0.1, -0.05) is 62.2 Å². The van der Waals surface area contributed by atoms with Crippen LogP contribution in [0.25, 0.3) is 0 Å². The summed E-state index contributed by atoms with van der Waals surface area (Å²) >= 11 is 12.5. The molecular formula is C29H34Cl2FN3O3. The smallest absolute Gasteiger partial charge is 0.238 e. The van der Waals surface area contributed by atoms with Crippen molar-refractivity contribution in [3.05, 3.63) is 63.4 Å². The molecule has 1 saturated carbocycles. The number of halogens is 3. The van der Waals surface area contributed by atoms with Gasteiger partial charge in [0.2, 0.25) is 11.8 Å². The molecule has 6 nitrogen and oxygen atoms in total. The summed E-state index contributed by atoms with van der Waals surface area (Å²) in [6.45, 7) is 6.24. The monoisotopic (exact) mass is 561 g/mol. The maximum atomic E-state index is 15.6. The third-order valence-corrected chi connectivity index (χ3v) is 8.67. The van der Waals surface area contributed by atoms with Gasteiger partial charge >= 0.3 is 0 Å². The number of anilines is 1. The average Bonchev–Trinajstić information content (AvgIpc) is 3.17. The molecule has 3 aliphatic rings. The highest BCUT2D eigenvalue weighted by Gasteiger charge is 2.63. The predicted molar refractivity (Wildman–Crippen MR) is 147 cm³/mol. The molecule has 0 bridgehead atoms. The molecule has 1 saturated heterocycles. The van der Waals surface area contributed by atoms with Gasteiger partial charge in [-0.3, -0.25) is 14.9 Å². The predicted octanol–water partition coefficient (Wildman–Crippen LogP) is 5.51. The van der Waals surface area contributed by atoms with Crippen LogP contribution in [0.4, 0.5) is 10.1 Å². The molecule has 2 aliphatic heterocycles. The third-order valence-electron chi connectivity index (χ3n) is 8.14. The maximum absolute atomic E-state index is 15.6. The number of aliphatic hydroxyl groups is 1. The summed E-state index contributed by atoms with van der Waals surface area (Å²) in [6, 6.07) is 9.11. The van der Waals surface area contributed by atoms with E-state index in [-0.39, 0.29) is 40.0 Å². The molecule has 4 N–H and O–H groups in total. The molecule has 2 aromatic rings. The van der Waals surface area contributed by atoms with Gasteiger partial charge < -0.3 is 15.7 Å². The number of carbonyl (C=O) groups is 2. The van der Waals surface area contributed by atoms with Crippen LogP contribution in [0.5, 0.6) is 0 Å². The summed E-state index contributed by atoms with van der Waals surface area (Å²) in [6.07, 6.45) is 2.71. The van der Waals surface area contributed by atoms with E-state index >= 15 is 4.39 Å². The maximum Gasteiger partial charge on any atom is 0.238 e. The summed E-state index contributed by atoms with van der Waals surface area (Å²) in [4.78, 5) is 27.9. The molecule has 38 heavy (non-hydrogen) atoms. The van der Waals surface area contributed by atoms with E-state index in [2.05, 4.69) is 36.7 Å². The quantitative estimate of drug-likeness (QED) is 0.396. The molecule has 2 heterocycles. The molecule has 4 atom stereocenters. The van der Waals surface area contributed by atoms with Crippen molar-refractivity contribution >= 4 is 40.7 Å². The fourth-order valence-electron chi connectivity index (χ4n) is 6.78. The van der Waals surface area contributed by atoms with Gasteiger partial charge in [0.25, 0.3) is 0 Å². The highest BCUT2D eigenvalue weighted by Crippen LogP contribution is 2.57. The Kier molecular flexibility index (Phi) is 7.27. The molecule has 0 spiro atoms. The Bertz CT molecular complexity index is 1260. The first-order valence-corrected chi connectivity index (χ1v) is 14.0. The number of hydrogen-bond donors (Lipinski definition) is 4. The molecule has 4 unspecified atom stereocenters. The number of nitrogens with one attached hydrogen (secondary N) is 3. The van der Waals surface area contributed by atoms with E-state index in [1.54, 1.807) is 24.3 Å². The zero-order chi connectivity index (χ0) is 27.4. The SMILES string of the molecule is CC(C)(C)CC12NC(C(=O)NC3CCC(O)CC3)C(c3cccc(Cl)c3F)C1C(=O)Nc1cc(Cl)ccc12. The van der Waals surface area contributed by atoms with Gasteiger partial charge in [0.15, 0.2) is 0 Å². The van der Waals surface area contributed by atoms with Gasteiger partial charge in [0, 0.05) is 22.7 Å². The largest absolute Gasteiger partial charge is 0.393 e. The molecule has 0 aromatic heterocycles. The van der Waals surface area contributed by atoms with E-state index in [1.165, 1.54) is 6.07 Å². The second-order valence-corrected chi connectivity index (χ2v) is 13.0. The van der Waals surface area contributed by atoms with Crippen molar-refractivity contribution in [2.24, 2.45) is 11.3 Å². The Balaban J connectivity index is 1.65. The second kappa shape index (κ2) is 10.1. The van der Waals surface area contributed by atoms with Crippen molar-refractivity contribution in [3.8, 4) is 0 Å². The standard InChI is InChI=1S/C29H34Cl2FN3O3/c1-28(2,3)14-29-19-12-7-15(30)13-21(19)34-26(37)23(29)22(18-5-4-6-20(31)24(18)32)25(35-29)27(38)33-16-8-10-17(36)11-9-16/h4-7,12-13,16-17,22-23,25,35-36H,8-11,14H2,1-3H3,(H,33,38)(H,34,37). The van der Waals surface area contributed by atoms with Crippen LogP contribution in [-0.2, 0) is 15.1 Å². The third kappa shape index (κ3) is 4.94. The number of fused-ring (bicyclic) bond motifs is 3. The summed E-state index contributed by atoms with van der Waals surface area (Å²) < 4.78 is 15.6. The van der Waals surface area contributed by atoms with Crippen LogP contribution in [-0.4, -0.2) is 35.1 Å². The normalized spacial score (nSPS) is 30.8. The van der Waals surface area contributed by atoms with Crippen molar-refractivity contribution in [1.29, 1.82) is 0 Å². The lowest BCUT2D eigenvalue weighted by atomic mass is 9.64. The van der Waals surface area contributed by atoms with E-state index in [0.717, 1.165) is 5.56 Å². The minimum Gasteiger partial charge on any atom is -0.393 e. The minimum atomic E-state index is -0.954. The van der Waals surface area contributed by atoms with Gasteiger partial charge in [0.1, 0.15) is 5.82 Å². The summed E-state index contributed by atoms with van der Waals surface area (Å²) in [5, 5.41) is 20.0. The Hall–Kier alpha value is -2.19. The van der Waals surface area contributed by atoms with Gasteiger partial charge in [0.05, 0.1) is 28.6 Å². The van der Waals surface area contributed by atoms with Gasteiger partial charge in [-0.05, 0) is 66.8 Å². The molecule has 5 rings (SSSR count). The van der Waals surface area contributed by atoms with Crippen LogP contribution in [0.1, 0.15) is 69.9 Å². The lowest BCUT2D eigenvalue weighted by Gasteiger charge is -2.45. The van der Waals surface area contributed by atoms with E-state index in [9.17, 15) is 14.7 Å². The van der Waals surface area contributed by atoms with Crippen LogP contribution in [0.2, 0.25) is 10.0 Å². The van der Waals surface area contributed by atoms with Crippen molar-refractivity contribution in [2.75, 3.05) is 5.32 Å². The van der Waals surface area contributed by atoms with Crippen LogP contribution >= 0.6 is 23.2 Å². The van der Waals surface area contributed by atoms with Gasteiger partial charge in [-0.15, -0.1) is 0 Å². The number of carbonyl (C=O) groups excluding carboxylic acids is 2. The number of benzene rings is 2. The van der Waals surface area contributed by atoms with E-state index in [0.29, 0.717) is 42.8 Å². The highest BCUT2D eigenvalue weighted by atomic mass is 35.5. The number of amides is 2. The van der Waals surface area contributed by atoms with Crippen LogP contribution in [0.15, 0.2) is 36.4 Å². The van der Waals surface area contributed by atoms with Crippen molar-refractivity contribution in [2.45, 2.75) is 82.5 Å². The topological polar surface area (TPSA) is 90.5 Å². The van der Waals surface area contributed by atoms with E-state index in [1.807, 2.05) is 6.07 Å². The minimum absolute atomic E-state index is 0.0559. The van der Waals surface area contributed by atoms with Crippen molar-refractivity contribution in [3.63, 3.8) is 0 Å². The molecule has 204 valence electrons. The molecule has 2 fully saturated rings. The van der Waals surface area contributed by atoms with Crippen LogP contribution in [0.3, 0.4) is 0 Å². The van der Waals surface area contributed by atoms with Crippen LogP contribution in [0, 0.1) is 17.2 Å². The molecule has 9 heteroatoms. The fourth-order valence-corrected chi connectivity index (χ4v) is 7.13. The zero-order valence-electron chi connectivity index (χ0n) is 21.8.